The number of aromatic nitrogens is 2. The largest absolute Gasteiger partial charge is 0.433 e. The van der Waals surface area contributed by atoms with E-state index in [2.05, 4.69) is 20.6 Å². The van der Waals surface area contributed by atoms with E-state index in [1.807, 2.05) is 0 Å². The molecule has 1 aliphatic rings. The quantitative estimate of drug-likeness (QED) is 0.541. The van der Waals surface area contributed by atoms with Crippen molar-refractivity contribution >= 4 is 23.1 Å². The van der Waals surface area contributed by atoms with Gasteiger partial charge in [-0.3, -0.25) is 4.79 Å². The molecule has 7 nitrogen and oxygen atoms in total. The van der Waals surface area contributed by atoms with Gasteiger partial charge in [-0.05, 0) is 31.0 Å². The third-order valence-corrected chi connectivity index (χ3v) is 4.68. The molecule has 0 radical (unpaired) electrons. The van der Waals surface area contributed by atoms with Gasteiger partial charge in [-0.1, -0.05) is 6.07 Å². The van der Waals surface area contributed by atoms with Crippen molar-refractivity contribution in [3.63, 3.8) is 0 Å². The average molecular weight is 430 g/mol. The lowest BCUT2D eigenvalue weighted by Crippen LogP contribution is -2.54. The number of pyridine rings is 2. The molecule has 1 fully saturated rings. The summed E-state index contributed by atoms with van der Waals surface area (Å²) in [5.41, 5.74) is 9.66. The molecule has 162 valence electrons. The fourth-order valence-corrected chi connectivity index (χ4v) is 3.24. The summed E-state index contributed by atoms with van der Waals surface area (Å²) in [6, 6.07) is 2.21. The Morgan fingerprint density at radius 2 is 2.00 bits per heavy atom. The summed E-state index contributed by atoms with van der Waals surface area (Å²) in [4.78, 5) is 18.9. The SMILES string of the molecule is NC(=O)c1ncc(N[C@H]2[C@@H](N)CCCC2(F)F)cc1Nc1cccc(C(F)(F)F)n1. The zero-order valence-corrected chi connectivity index (χ0v) is 15.5. The molecular weight excluding hydrogens is 411 g/mol. The van der Waals surface area contributed by atoms with Gasteiger partial charge in [0.1, 0.15) is 17.6 Å². The first-order valence-electron chi connectivity index (χ1n) is 8.98. The Kier molecular flexibility index (Phi) is 5.79. The molecule has 0 saturated heterocycles. The molecule has 0 unspecified atom stereocenters. The zero-order valence-electron chi connectivity index (χ0n) is 15.5. The third kappa shape index (κ3) is 4.75. The fourth-order valence-electron chi connectivity index (χ4n) is 3.24. The standard InChI is InChI=1S/C18H19F5N6O/c19-17(20)6-2-3-10(24)15(17)27-9-7-11(14(16(25)30)26-8-9)28-13-5-1-4-12(29-13)18(21,22)23/h1,4-5,7-8,10,15,27H,2-3,6,24H2,(H2,25,30)(H,28,29)/t10-,15-/m0/s1. The fraction of sp³-hybridized carbons (Fsp3) is 0.389. The van der Waals surface area contributed by atoms with Crippen LogP contribution in [0.1, 0.15) is 35.4 Å². The summed E-state index contributed by atoms with van der Waals surface area (Å²) in [5, 5.41) is 5.16. The second-order valence-corrected chi connectivity index (χ2v) is 6.95. The Morgan fingerprint density at radius 1 is 1.27 bits per heavy atom. The summed E-state index contributed by atoms with van der Waals surface area (Å²) in [6.07, 6.45) is -3.18. The lowest BCUT2D eigenvalue weighted by Gasteiger charge is -2.37. The van der Waals surface area contributed by atoms with E-state index >= 15 is 0 Å². The number of rotatable bonds is 5. The molecule has 6 N–H and O–H groups in total. The van der Waals surface area contributed by atoms with Crippen LogP contribution in [0.2, 0.25) is 0 Å². The minimum absolute atomic E-state index is 0.0907. The number of alkyl halides is 5. The minimum Gasteiger partial charge on any atom is -0.374 e. The monoisotopic (exact) mass is 430 g/mol. The van der Waals surface area contributed by atoms with Crippen molar-refractivity contribution in [3.8, 4) is 0 Å². The van der Waals surface area contributed by atoms with Gasteiger partial charge in [0.15, 0.2) is 5.69 Å². The second kappa shape index (κ2) is 8.01. The van der Waals surface area contributed by atoms with Crippen molar-refractivity contribution in [1.82, 2.24) is 9.97 Å². The van der Waals surface area contributed by atoms with Crippen LogP contribution >= 0.6 is 0 Å². The van der Waals surface area contributed by atoms with Gasteiger partial charge in [-0.25, -0.2) is 18.7 Å². The maximum absolute atomic E-state index is 14.2. The first-order chi connectivity index (χ1) is 14.0. The van der Waals surface area contributed by atoms with E-state index in [-0.39, 0.29) is 29.3 Å². The molecule has 30 heavy (non-hydrogen) atoms. The highest BCUT2D eigenvalue weighted by molar-refractivity contribution is 5.97. The Hall–Kier alpha value is -3.02. The summed E-state index contributed by atoms with van der Waals surface area (Å²) in [5.74, 6) is -4.25. The number of nitrogens with two attached hydrogens (primary N) is 2. The van der Waals surface area contributed by atoms with Crippen LogP contribution in [-0.4, -0.2) is 33.9 Å². The molecule has 0 aromatic carbocycles. The topological polar surface area (TPSA) is 119 Å². The maximum atomic E-state index is 14.2. The highest BCUT2D eigenvalue weighted by Gasteiger charge is 2.45. The molecule has 0 bridgehead atoms. The number of nitrogens with zero attached hydrogens (tertiary/aromatic N) is 2. The highest BCUT2D eigenvalue weighted by Crippen LogP contribution is 2.35. The van der Waals surface area contributed by atoms with E-state index in [0.717, 1.165) is 18.3 Å². The lowest BCUT2D eigenvalue weighted by molar-refractivity contribution is -0.141. The average Bonchev–Trinajstić information content (AvgIpc) is 2.64. The lowest BCUT2D eigenvalue weighted by atomic mass is 9.87. The molecule has 2 aromatic rings. The number of halogens is 5. The minimum atomic E-state index is -4.67. The highest BCUT2D eigenvalue weighted by atomic mass is 19.4. The summed E-state index contributed by atoms with van der Waals surface area (Å²) in [6.45, 7) is 0. The number of hydrogen-bond acceptors (Lipinski definition) is 6. The van der Waals surface area contributed by atoms with Crippen molar-refractivity contribution in [2.45, 2.75) is 43.4 Å². The maximum Gasteiger partial charge on any atom is 0.433 e. The second-order valence-electron chi connectivity index (χ2n) is 6.95. The molecule has 3 rings (SSSR count). The van der Waals surface area contributed by atoms with Gasteiger partial charge in [-0.2, -0.15) is 13.2 Å². The van der Waals surface area contributed by atoms with E-state index in [1.165, 1.54) is 12.1 Å². The van der Waals surface area contributed by atoms with Crippen LogP contribution in [0.3, 0.4) is 0 Å². The summed E-state index contributed by atoms with van der Waals surface area (Å²) < 4.78 is 67.1. The molecule has 1 amide bonds. The van der Waals surface area contributed by atoms with E-state index in [0.29, 0.717) is 12.8 Å². The molecule has 12 heteroatoms. The molecule has 2 aromatic heterocycles. The molecule has 1 saturated carbocycles. The number of carbonyl (C=O) groups excluding carboxylic acids is 1. The predicted octanol–water partition coefficient (Wildman–Crippen LogP) is 3.26. The van der Waals surface area contributed by atoms with Crippen LogP contribution in [0.5, 0.6) is 0 Å². The van der Waals surface area contributed by atoms with E-state index in [4.69, 9.17) is 11.5 Å². The van der Waals surface area contributed by atoms with Gasteiger partial charge >= 0.3 is 6.18 Å². The van der Waals surface area contributed by atoms with Crippen LogP contribution in [0.25, 0.3) is 0 Å². The smallest absolute Gasteiger partial charge is 0.374 e. The number of hydrogen-bond donors (Lipinski definition) is 4. The molecule has 2 heterocycles. The Bertz CT molecular complexity index is 936. The third-order valence-electron chi connectivity index (χ3n) is 4.68. The van der Waals surface area contributed by atoms with Crippen LogP contribution in [0, 0.1) is 0 Å². The van der Waals surface area contributed by atoms with Gasteiger partial charge in [0, 0.05) is 12.5 Å². The first kappa shape index (κ1) is 21.7. The first-order valence-corrected chi connectivity index (χ1v) is 8.98. The summed E-state index contributed by atoms with van der Waals surface area (Å²) in [7, 11) is 0. The Morgan fingerprint density at radius 3 is 2.63 bits per heavy atom. The molecule has 0 spiro atoms. The Labute approximate surface area is 168 Å². The van der Waals surface area contributed by atoms with Crippen molar-refractivity contribution in [3.05, 3.63) is 41.9 Å². The van der Waals surface area contributed by atoms with E-state index < -0.39 is 35.8 Å². The number of carbonyl (C=O) groups is 1. The van der Waals surface area contributed by atoms with Crippen molar-refractivity contribution in [1.29, 1.82) is 0 Å². The zero-order chi connectivity index (χ0) is 22.1. The summed E-state index contributed by atoms with van der Waals surface area (Å²) >= 11 is 0. The number of primary amides is 1. The van der Waals surface area contributed by atoms with Crippen molar-refractivity contribution < 1.29 is 26.7 Å². The number of amides is 1. The van der Waals surface area contributed by atoms with Crippen LogP contribution < -0.4 is 22.1 Å². The van der Waals surface area contributed by atoms with Gasteiger partial charge < -0.3 is 22.1 Å². The normalized spacial score (nSPS) is 21.1. The van der Waals surface area contributed by atoms with E-state index in [9.17, 15) is 26.7 Å². The Balaban J connectivity index is 1.91. The van der Waals surface area contributed by atoms with Gasteiger partial charge in [0.25, 0.3) is 11.8 Å². The van der Waals surface area contributed by atoms with Crippen molar-refractivity contribution in [2.75, 3.05) is 10.6 Å². The number of nitrogens with one attached hydrogen (secondary N) is 2. The van der Waals surface area contributed by atoms with Gasteiger partial charge in [0.05, 0.1) is 17.6 Å². The molecule has 1 aliphatic carbocycles. The number of anilines is 3. The molecular formula is C18H19F5N6O. The molecule has 0 aliphatic heterocycles. The van der Waals surface area contributed by atoms with Crippen LogP contribution in [0.15, 0.2) is 30.5 Å². The van der Waals surface area contributed by atoms with Gasteiger partial charge in [0.2, 0.25) is 0 Å². The molecule has 2 atom stereocenters. The van der Waals surface area contributed by atoms with Crippen molar-refractivity contribution in [2.24, 2.45) is 11.5 Å². The predicted molar refractivity (Wildman–Crippen MR) is 99.5 cm³/mol. The van der Waals surface area contributed by atoms with Crippen LogP contribution in [-0.2, 0) is 6.18 Å². The van der Waals surface area contributed by atoms with Gasteiger partial charge in [-0.15, -0.1) is 0 Å². The van der Waals surface area contributed by atoms with E-state index in [1.54, 1.807) is 0 Å². The van der Waals surface area contributed by atoms with Crippen LogP contribution in [0.4, 0.5) is 39.1 Å².